The minimum absolute atomic E-state index is 0.102. The molecule has 3 amide bonds. The largest absolute Gasteiger partial charge is 0.481 e. The quantitative estimate of drug-likeness (QED) is 0.0417. The molecule has 0 heterocycles. The average Bonchev–Trinajstić information content (AvgIpc) is 2.83. The van der Waals surface area contributed by atoms with Crippen LogP contribution in [0, 0.1) is 0 Å². The van der Waals surface area contributed by atoms with Gasteiger partial charge < -0.3 is 48.5 Å². The summed E-state index contributed by atoms with van der Waals surface area (Å²) in [6.07, 6.45) is 0.664. The van der Waals surface area contributed by atoms with Crippen molar-refractivity contribution in [1.29, 1.82) is 0 Å². The molecule has 4 unspecified atom stereocenters. The van der Waals surface area contributed by atoms with Crippen molar-refractivity contribution >= 4 is 53.4 Å². The first-order chi connectivity index (χ1) is 17.8. The van der Waals surface area contributed by atoms with E-state index in [-0.39, 0.29) is 31.8 Å². The SMILES string of the molecule is CSCCC(NC(=O)C(N)CCCN=C(N)N)C(=O)NC(CCC(=O)O)C(=O)NC(CCC(=O)O)C(=O)O. The summed E-state index contributed by atoms with van der Waals surface area (Å²) in [6, 6.07) is -5.15. The van der Waals surface area contributed by atoms with Gasteiger partial charge in [-0.05, 0) is 44.1 Å². The van der Waals surface area contributed by atoms with Crippen LogP contribution in [0.15, 0.2) is 4.99 Å². The molecule has 0 aromatic carbocycles. The van der Waals surface area contributed by atoms with Crippen molar-refractivity contribution < 1.29 is 44.1 Å². The van der Waals surface area contributed by atoms with E-state index in [0.717, 1.165) is 0 Å². The van der Waals surface area contributed by atoms with Gasteiger partial charge in [-0.3, -0.25) is 29.0 Å². The zero-order valence-corrected chi connectivity index (χ0v) is 21.9. The molecular weight excluding hydrogens is 526 g/mol. The predicted octanol–water partition coefficient (Wildman–Crippen LogP) is -2.61. The lowest BCUT2D eigenvalue weighted by Crippen LogP contribution is -2.57. The summed E-state index contributed by atoms with van der Waals surface area (Å²) in [6.45, 7) is 0.254. The molecule has 0 aromatic rings. The molecule has 38 heavy (non-hydrogen) atoms. The monoisotopic (exact) mass is 563 g/mol. The fraction of sp³-hybridized carbons (Fsp3) is 0.667. The van der Waals surface area contributed by atoms with Gasteiger partial charge in [0.05, 0.1) is 6.04 Å². The van der Waals surface area contributed by atoms with Gasteiger partial charge in [0, 0.05) is 19.4 Å². The molecule has 16 nitrogen and oxygen atoms in total. The van der Waals surface area contributed by atoms with Gasteiger partial charge in [-0.2, -0.15) is 11.8 Å². The number of nitrogens with one attached hydrogen (secondary N) is 3. The highest BCUT2D eigenvalue weighted by molar-refractivity contribution is 7.98. The number of rotatable bonds is 20. The molecule has 0 fully saturated rings. The van der Waals surface area contributed by atoms with Gasteiger partial charge >= 0.3 is 17.9 Å². The zero-order chi connectivity index (χ0) is 29.3. The number of carbonyl (C=O) groups is 6. The third-order valence-corrected chi connectivity index (χ3v) is 5.73. The maximum absolute atomic E-state index is 13.0. The Kier molecular flexibility index (Phi) is 16.9. The van der Waals surface area contributed by atoms with Crippen LogP contribution in [-0.2, 0) is 28.8 Å². The van der Waals surface area contributed by atoms with Crippen molar-refractivity contribution in [2.45, 2.75) is 69.1 Å². The zero-order valence-electron chi connectivity index (χ0n) is 21.1. The van der Waals surface area contributed by atoms with Crippen molar-refractivity contribution in [3.63, 3.8) is 0 Å². The number of thioether (sulfide) groups is 1. The Bertz CT molecular complexity index is 868. The number of amides is 3. The fourth-order valence-electron chi connectivity index (χ4n) is 3.04. The second-order valence-corrected chi connectivity index (χ2v) is 9.21. The van der Waals surface area contributed by atoms with Crippen LogP contribution in [-0.4, -0.2) is 99.6 Å². The molecule has 0 saturated heterocycles. The van der Waals surface area contributed by atoms with E-state index in [2.05, 4.69) is 20.9 Å². The molecule has 0 bridgehead atoms. The first-order valence-corrected chi connectivity index (χ1v) is 13.0. The summed E-state index contributed by atoms with van der Waals surface area (Å²) >= 11 is 1.39. The van der Waals surface area contributed by atoms with Crippen LogP contribution < -0.4 is 33.2 Å². The van der Waals surface area contributed by atoms with Gasteiger partial charge in [-0.1, -0.05) is 0 Å². The van der Waals surface area contributed by atoms with Crippen molar-refractivity contribution in [2.24, 2.45) is 22.2 Å². The smallest absolute Gasteiger partial charge is 0.326 e. The number of hydrogen-bond donors (Lipinski definition) is 9. The number of guanidine groups is 1. The van der Waals surface area contributed by atoms with Crippen LogP contribution in [0.1, 0.15) is 44.9 Å². The summed E-state index contributed by atoms with van der Waals surface area (Å²) < 4.78 is 0. The fourth-order valence-corrected chi connectivity index (χ4v) is 3.51. The van der Waals surface area contributed by atoms with E-state index < -0.39 is 79.1 Å². The molecule has 0 spiro atoms. The maximum Gasteiger partial charge on any atom is 0.326 e. The predicted molar refractivity (Wildman–Crippen MR) is 138 cm³/mol. The van der Waals surface area contributed by atoms with Crippen LogP contribution >= 0.6 is 11.8 Å². The lowest BCUT2D eigenvalue weighted by molar-refractivity contribution is -0.144. The van der Waals surface area contributed by atoms with Crippen molar-refractivity contribution in [2.75, 3.05) is 18.6 Å². The van der Waals surface area contributed by atoms with Crippen LogP contribution in [0.25, 0.3) is 0 Å². The molecule has 0 aliphatic carbocycles. The van der Waals surface area contributed by atoms with E-state index in [1.165, 1.54) is 11.8 Å². The molecule has 4 atom stereocenters. The molecule has 0 aliphatic heterocycles. The van der Waals surface area contributed by atoms with Gasteiger partial charge in [0.1, 0.15) is 18.1 Å². The third kappa shape index (κ3) is 15.5. The lowest BCUT2D eigenvalue weighted by atomic mass is 10.1. The number of carboxylic acids is 3. The first kappa shape index (κ1) is 34.4. The summed E-state index contributed by atoms with van der Waals surface area (Å²) in [5, 5.41) is 34.1. The van der Waals surface area contributed by atoms with E-state index in [9.17, 15) is 33.9 Å². The average molecular weight is 564 g/mol. The lowest BCUT2D eigenvalue weighted by Gasteiger charge is -2.25. The van der Waals surface area contributed by atoms with E-state index in [0.29, 0.717) is 12.2 Å². The summed E-state index contributed by atoms with van der Waals surface area (Å²) in [5.41, 5.74) is 16.4. The number of nitrogens with two attached hydrogens (primary N) is 3. The van der Waals surface area contributed by atoms with Crippen LogP contribution in [0.2, 0.25) is 0 Å². The Balaban J connectivity index is 5.47. The summed E-state index contributed by atoms with van der Waals surface area (Å²) in [5.74, 6) is -6.15. The number of aliphatic imine (C=N–C) groups is 1. The minimum Gasteiger partial charge on any atom is -0.481 e. The standard InChI is InChI=1S/C21H37N7O9S/c1-38-10-8-13(26-17(33)11(22)3-2-9-25-21(23)24)19(35)27-12(4-6-15(29)30)18(34)28-14(20(36)37)5-7-16(31)32/h11-14H,2-10,22H2,1H3,(H,26,33)(H,27,35)(H,28,34)(H,29,30)(H,31,32)(H,36,37)(H4,23,24,25). The van der Waals surface area contributed by atoms with Crippen LogP contribution in [0.3, 0.4) is 0 Å². The van der Waals surface area contributed by atoms with Gasteiger partial charge in [-0.15, -0.1) is 0 Å². The van der Waals surface area contributed by atoms with Gasteiger partial charge in [-0.25, -0.2) is 4.79 Å². The number of carboxylic acid groups (broad SMARTS) is 3. The first-order valence-electron chi connectivity index (χ1n) is 11.7. The number of carbonyl (C=O) groups excluding carboxylic acids is 3. The second kappa shape index (κ2) is 18.6. The molecule has 216 valence electrons. The molecule has 0 rings (SSSR count). The van der Waals surface area contributed by atoms with E-state index in [4.69, 9.17) is 27.4 Å². The number of aliphatic carboxylic acids is 3. The second-order valence-electron chi connectivity index (χ2n) is 8.22. The Hall–Kier alpha value is -3.60. The summed E-state index contributed by atoms with van der Waals surface area (Å²) in [7, 11) is 0. The van der Waals surface area contributed by atoms with E-state index in [1.807, 2.05) is 0 Å². The Morgan fingerprint density at radius 1 is 0.763 bits per heavy atom. The maximum atomic E-state index is 13.0. The van der Waals surface area contributed by atoms with Crippen LogP contribution in [0.5, 0.6) is 0 Å². The molecule has 0 radical (unpaired) electrons. The van der Waals surface area contributed by atoms with E-state index >= 15 is 0 Å². The highest BCUT2D eigenvalue weighted by Crippen LogP contribution is 2.07. The van der Waals surface area contributed by atoms with Crippen molar-refractivity contribution in [3.8, 4) is 0 Å². The summed E-state index contributed by atoms with van der Waals surface area (Å²) in [4.78, 5) is 75.3. The highest BCUT2D eigenvalue weighted by atomic mass is 32.2. The Morgan fingerprint density at radius 2 is 1.24 bits per heavy atom. The molecule has 12 N–H and O–H groups in total. The van der Waals surface area contributed by atoms with Crippen molar-refractivity contribution in [3.05, 3.63) is 0 Å². The van der Waals surface area contributed by atoms with E-state index in [1.54, 1.807) is 6.26 Å². The number of nitrogens with zero attached hydrogens (tertiary/aromatic N) is 1. The molecular formula is C21H37N7O9S. The van der Waals surface area contributed by atoms with Gasteiger partial charge in [0.25, 0.3) is 0 Å². The van der Waals surface area contributed by atoms with Gasteiger partial charge in [0.2, 0.25) is 17.7 Å². The normalized spacial score (nSPS) is 13.7. The van der Waals surface area contributed by atoms with Crippen molar-refractivity contribution in [1.82, 2.24) is 16.0 Å². The highest BCUT2D eigenvalue weighted by Gasteiger charge is 2.30. The number of hydrogen-bond acceptors (Lipinski definition) is 9. The third-order valence-electron chi connectivity index (χ3n) is 5.09. The molecule has 0 aromatic heterocycles. The van der Waals surface area contributed by atoms with Gasteiger partial charge in [0.15, 0.2) is 5.96 Å². The minimum atomic E-state index is -1.58. The Labute approximate surface area is 223 Å². The molecule has 0 aliphatic rings. The molecule has 17 heteroatoms. The van der Waals surface area contributed by atoms with Crippen LogP contribution in [0.4, 0.5) is 0 Å². The topological polar surface area (TPSA) is 290 Å². The molecule has 0 saturated carbocycles. The Morgan fingerprint density at radius 3 is 1.71 bits per heavy atom.